The fourth-order valence-electron chi connectivity index (χ4n) is 6.80. The highest BCUT2D eigenvalue weighted by molar-refractivity contribution is 9.10. The first-order chi connectivity index (χ1) is 22.2. The molecule has 46 heavy (non-hydrogen) atoms. The van der Waals surface area contributed by atoms with Gasteiger partial charge >= 0.3 is 0 Å². The smallest absolute Gasteiger partial charge is 0.229 e. The Balaban J connectivity index is 1.12. The highest BCUT2D eigenvalue weighted by Gasteiger charge is 2.37. The number of hydrogen-bond acceptors (Lipinski definition) is 12. The average molecular weight is 709 g/mol. The molecular formula is C32H39BrN9O3P. The quantitative estimate of drug-likeness (QED) is 0.254. The number of methoxy groups -OCH3 is 1. The number of likely N-dealkylation sites (N-methyl/N-ethyl adjacent to an activating group) is 1. The maximum absolute atomic E-state index is 13.4. The van der Waals surface area contributed by atoms with Crippen molar-refractivity contribution in [2.24, 2.45) is 0 Å². The maximum atomic E-state index is 13.4. The maximum Gasteiger partial charge on any atom is 0.229 e. The van der Waals surface area contributed by atoms with Gasteiger partial charge in [-0.15, -0.1) is 0 Å². The minimum absolute atomic E-state index is 0.338. The van der Waals surface area contributed by atoms with E-state index in [1.807, 2.05) is 18.2 Å². The average Bonchev–Trinajstić information content (AvgIpc) is 3.05. The lowest BCUT2D eigenvalue weighted by Crippen LogP contribution is -2.57. The SMILES string of the molecule is COc1cc2c(cc1Nc1ncc(Br)c(Nc3ccc4nccnc4c3P(C)(C)=O)n1)OC[C@@H]1C[C@@H](N3CCN(C)CC3)CCN21. The molecule has 0 spiro atoms. The highest BCUT2D eigenvalue weighted by Crippen LogP contribution is 2.45. The van der Waals surface area contributed by atoms with Crippen LogP contribution in [0.15, 0.2) is 47.3 Å². The second-order valence-electron chi connectivity index (χ2n) is 12.6. The van der Waals surface area contributed by atoms with Gasteiger partial charge in [-0.2, -0.15) is 4.98 Å². The predicted molar refractivity (Wildman–Crippen MR) is 187 cm³/mol. The number of piperidine rings is 1. The summed E-state index contributed by atoms with van der Waals surface area (Å²) in [6.45, 7) is 9.65. The van der Waals surface area contributed by atoms with E-state index in [1.165, 1.54) is 0 Å². The van der Waals surface area contributed by atoms with E-state index in [4.69, 9.17) is 14.5 Å². The van der Waals surface area contributed by atoms with Crippen LogP contribution in [0.2, 0.25) is 0 Å². The molecule has 0 radical (unpaired) electrons. The molecule has 0 saturated carbocycles. The summed E-state index contributed by atoms with van der Waals surface area (Å²) in [4.78, 5) is 25.7. The van der Waals surface area contributed by atoms with Crippen molar-refractivity contribution in [2.45, 2.75) is 24.9 Å². The van der Waals surface area contributed by atoms with Crippen LogP contribution in [0, 0.1) is 0 Å². The van der Waals surface area contributed by atoms with Crippen molar-refractivity contribution in [3.63, 3.8) is 0 Å². The zero-order valence-corrected chi connectivity index (χ0v) is 29.0. The van der Waals surface area contributed by atoms with Gasteiger partial charge in [0.05, 0.1) is 45.5 Å². The molecule has 7 rings (SSSR count). The number of aromatic nitrogens is 4. The van der Waals surface area contributed by atoms with Crippen molar-refractivity contribution in [3.05, 3.63) is 47.3 Å². The van der Waals surface area contributed by atoms with Crippen LogP contribution in [0.4, 0.5) is 28.8 Å². The van der Waals surface area contributed by atoms with Gasteiger partial charge in [-0.1, -0.05) is 0 Å². The largest absolute Gasteiger partial charge is 0.494 e. The molecule has 2 N–H and O–H groups in total. The molecule has 0 bridgehead atoms. The number of anilines is 5. The Morgan fingerprint density at radius 2 is 1.80 bits per heavy atom. The molecule has 0 aliphatic carbocycles. The zero-order valence-electron chi connectivity index (χ0n) is 26.5. The fraction of sp³-hybridized carbons (Fsp3) is 0.438. The van der Waals surface area contributed by atoms with Crippen LogP contribution in [0.1, 0.15) is 12.8 Å². The van der Waals surface area contributed by atoms with Gasteiger partial charge in [0.2, 0.25) is 5.95 Å². The summed E-state index contributed by atoms with van der Waals surface area (Å²) in [7, 11) is 1.13. The van der Waals surface area contributed by atoms with Crippen LogP contribution in [0.25, 0.3) is 11.0 Å². The Labute approximate surface area is 277 Å². The Kier molecular flexibility index (Phi) is 8.52. The number of nitrogens with zero attached hydrogens (tertiary/aromatic N) is 7. The molecule has 242 valence electrons. The minimum Gasteiger partial charge on any atom is -0.494 e. The number of piperazine rings is 1. The molecule has 5 heterocycles. The van der Waals surface area contributed by atoms with E-state index in [1.54, 1.807) is 39.0 Å². The predicted octanol–water partition coefficient (Wildman–Crippen LogP) is 4.90. The molecular weight excluding hydrogens is 669 g/mol. The number of rotatable bonds is 7. The first-order valence-corrected chi connectivity index (χ1v) is 19.0. The van der Waals surface area contributed by atoms with E-state index < -0.39 is 7.14 Å². The molecule has 3 aliphatic rings. The molecule has 12 nitrogen and oxygen atoms in total. The van der Waals surface area contributed by atoms with E-state index >= 15 is 0 Å². The van der Waals surface area contributed by atoms with Crippen LogP contribution < -0.4 is 30.3 Å². The second kappa shape index (κ2) is 12.6. The third-order valence-electron chi connectivity index (χ3n) is 9.16. The molecule has 2 fully saturated rings. The topological polar surface area (TPSA) is 121 Å². The van der Waals surface area contributed by atoms with E-state index in [0.29, 0.717) is 68.4 Å². The number of ether oxygens (including phenoxy) is 2. The Morgan fingerprint density at radius 3 is 2.59 bits per heavy atom. The number of halogens is 1. The summed E-state index contributed by atoms with van der Waals surface area (Å²) >= 11 is 3.57. The third-order valence-corrected chi connectivity index (χ3v) is 11.3. The first kappa shape index (κ1) is 31.1. The number of hydrogen-bond donors (Lipinski definition) is 2. The summed E-state index contributed by atoms with van der Waals surface area (Å²) in [5.41, 5.74) is 3.70. The molecule has 3 aliphatic heterocycles. The van der Waals surface area contributed by atoms with Gasteiger partial charge in [0.15, 0.2) is 0 Å². The normalized spacial score (nSPS) is 20.5. The zero-order chi connectivity index (χ0) is 32.0. The molecule has 2 aromatic carbocycles. The standard InChI is InChI=1S/C32H39BrN9O3P/c1-40-11-13-41(14-12-40)20-7-10-42-21(15-20)19-45-28-16-25(27(44-2)17-26(28)42)38-32-36-18-22(33)31(39-32)37-24-6-5-23-29(35-9-8-34-23)30(24)46(3,4)43/h5-6,8-9,16-18,20-21H,7,10-15,19H2,1-4H3,(H2,36,37,38,39)/t20-,21-/m0/s1. The van der Waals surface area contributed by atoms with Gasteiger partial charge in [0.1, 0.15) is 36.6 Å². The van der Waals surface area contributed by atoms with E-state index in [2.05, 4.69) is 69.3 Å². The number of nitrogens with one attached hydrogen (secondary N) is 2. The fourth-order valence-corrected chi connectivity index (χ4v) is 8.48. The summed E-state index contributed by atoms with van der Waals surface area (Å²) in [5, 5.41) is 7.31. The number of benzene rings is 2. The van der Waals surface area contributed by atoms with E-state index in [9.17, 15) is 4.57 Å². The van der Waals surface area contributed by atoms with Crippen molar-refractivity contribution >= 4 is 68.2 Å². The second-order valence-corrected chi connectivity index (χ2v) is 16.6. The molecule has 2 atom stereocenters. The van der Waals surface area contributed by atoms with Gasteiger partial charge in [-0.05, 0) is 61.3 Å². The van der Waals surface area contributed by atoms with Crippen molar-refractivity contribution in [3.8, 4) is 11.5 Å². The van der Waals surface area contributed by atoms with E-state index in [0.717, 1.165) is 57.0 Å². The molecule has 4 aromatic rings. The third kappa shape index (κ3) is 6.13. The van der Waals surface area contributed by atoms with Crippen LogP contribution in [0.3, 0.4) is 0 Å². The summed E-state index contributed by atoms with van der Waals surface area (Å²) in [5.74, 6) is 2.37. The summed E-state index contributed by atoms with van der Waals surface area (Å²) < 4.78 is 26.3. The summed E-state index contributed by atoms with van der Waals surface area (Å²) in [6.07, 6.45) is 7.16. The lowest BCUT2D eigenvalue weighted by Gasteiger charge is -2.48. The first-order valence-electron chi connectivity index (χ1n) is 15.6. The highest BCUT2D eigenvalue weighted by atomic mass is 79.9. The van der Waals surface area contributed by atoms with Crippen LogP contribution >= 0.6 is 23.1 Å². The van der Waals surface area contributed by atoms with Gasteiger partial charge in [-0.3, -0.25) is 14.9 Å². The Hall–Kier alpha value is -3.51. The minimum atomic E-state index is -2.74. The van der Waals surface area contributed by atoms with Crippen molar-refractivity contribution < 1.29 is 14.0 Å². The molecule has 0 amide bonds. The van der Waals surface area contributed by atoms with Gasteiger partial charge in [0, 0.05) is 69.5 Å². The molecule has 14 heteroatoms. The monoisotopic (exact) mass is 707 g/mol. The van der Waals surface area contributed by atoms with Gasteiger partial charge in [0.25, 0.3) is 0 Å². The Morgan fingerprint density at radius 1 is 1.00 bits per heavy atom. The van der Waals surface area contributed by atoms with Crippen LogP contribution in [0.5, 0.6) is 11.5 Å². The molecule has 2 saturated heterocycles. The Bertz CT molecular complexity index is 1810. The van der Waals surface area contributed by atoms with Crippen LogP contribution in [-0.2, 0) is 4.57 Å². The van der Waals surface area contributed by atoms with Gasteiger partial charge in [-0.25, -0.2) is 4.98 Å². The van der Waals surface area contributed by atoms with Crippen molar-refractivity contribution in [1.29, 1.82) is 0 Å². The lowest BCUT2D eigenvalue weighted by molar-refractivity contribution is 0.0822. The van der Waals surface area contributed by atoms with Crippen molar-refractivity contribution in [2.75, 3.05) is 82.4 Å². The van der Waals surface area contributed by atoms with Crippen molar-refractivity contribution in [1.82, 2.24) is 29.7 Å². The van der Waals surface area contributed by atoms with Crippen LogP contribution in [-0.4, -0.2) is 109 Å². The summed E-state index contributed by atoms with van der Waals surface area (Å²) in [6, 6.07) is 8.68. The van der Waals surface area contributed by atoms with E-state index in [-0.39, 0.29) is 0 Å². The number of fused-ring (bicyclic) bond motifs is 4. The van der Waals surface area contributed by atoms with Gasteiger partial charge < -0.3 is 34.5 Å². The molecule has 2 aromatic heterocycles. The lowest BCUT2D eigenvalue weighted by atomic mass is 9.93. The molecule has 0 unspecified atom stereocenters.